The molecule has 0 amide bonds. The summed E-state index contributed by atoms with van der Waals surface area (Å²) in [6, 6.07) is 29.4. The number of fused-ring (bicyclic) bond motifs is 7. The van der Waals surface area contributed by atoms with Crippen molar-refractivity contribution in [1.29, 1.82) is 0 Å². The summed E-state index contributed by atoms with van der Waals surface area (Å²) in [7, 11) is 0. The molecule has 0 saturated carbocycles. The normalized spacial score (nSPS) is 11.7. The first-order valence-electron chi connectivity index (χ1n) is 8.96. The molecule has 1 N–H and O–H groups in total. The smallest absolute Gasteiger partial charge is 0.159 e. The molecule has 6 aromatic rings. The van der Waals surface area contributed by atoms with E-state index in [1.165, 1.54) is 25.6 Å². The Hall–Kier alpha value is -3.30. The molecule has 4 aromatic carbocycles. The Morgan fingerprint density at radius 3 is 2.30 bits per heavy atom. The molecule has 0 radical (unpaired) electrons. The van der Waals surface area contributed by atoms with E-state index in [-0.39, 0.29) is 0 Å². The Morgan fingerprint density at radius 1 is 0.667 bits per heavy atom. The van der Waals surface area contributed by atoms with Gasteiger partial charge in [-0.2, -0.15) is 0 Å². The largest absolute Gasteiger partial charge is 0.454 e. The summed E-state index contributed by atoms with van der Waals surface area (Å²) < 4.78 is 8.90. The van der Waals surface area contributed by atoms with Gasteiger partial charge in [0.2, 0.25) is 0 Å². The SMILES string of the molecule is c1ccc(Nc2cc3sc4ccccc4c3c3c2oc2ccccc23)cc1. The van der Waals surface area contributed by atoms with Crippen molar-refractivity contribution in [3.05, 3.63) is 84.9 Å². The van der Waals surface area contributed by atoms with Crippen LogP contribution in [0.15, 0.2) is 89.3 Å². The van der Waals surface area contributed by atoms with Gasteiger partial charge in [0.05, 0.1) is 5.69 Å². The maximum atomic E-state index is 6.32. The fraction of sp³-hybridized carbons (Fsp3) is 0. The third-order valence-corrected chi connectivity index (χ3v) is 6.16. The Morgan fingerprint density at radius 2 is 1.41 bits per heavy atom. The zero-order chi connectivity index (χ0) is 17.8. The van der Waals surface area contributed by atoms with Gasteiger partial charge in [0.1, 0.15) is 5.58 Å². The van der Waals surface area contributed by atoms with Gasteiger partial charge in [0.25, 0.3) is 0 Å². The van der Waals surface area contributed by atoms with Crippen LogP contribution in [0.1, 0.15) is 0 Å². The predicted molar refractivity (Wildman–Crippen MR) is 116 cm³/mol. The zero-order valence-electron chi connectivity index (χ0n) is 14.4. The highest BCUT2D eigenvalue weighted by molar-refractivity contribution is 7.26. The second-order valence-corrected chi connectivity index (χ2v) is 7.77. The summed E-state index contributed by atoms with van der Waals surface area (Å²) in [4.78, 5) is 0. The Balaban J connectivity index is 1.78. The van der Waals surface area contributed by atoms with E-state index in [9.17, 15) is 0 Å². The van der Waals surface area contributed by atoms with Crippen LogP contribution in [0, 0.1) is 0 Å². The minimum absolute atomic E-state index is 0.913. The van der Waals surface area contributed by atoms with Gasteiger partial charge in [-0.15, -0.1) is 11.3 Å². The fourth-order valence-electron chi connectivity index (χ4n) is 3.87. The van der Waals surface area contributed by atoms with Crippen molar-refractivity contribution >= 4 is 64.8 Å². The molecule has 0 bridgehead atoms. The first-order valence-corrected chi connectivity index (χ1v) is 9.78. The highest BCUT2D eigenvalue weighted by atomic mass is 32.1. The molecule has 0 aliphatic heterocycles. The average molecular weight is 365 g/mol. The molecule has 0 spiro atoms. The lowest BCUT2D eigenvalue weighted by molar-refractivity contribution is 0.670. The lowest BCUT2D eigenvalue weighted by atomic mass is 10.0. The maximum Gasteiger partial charge on any atom is 0.159 e. The van der Waals surface area contributed by atoms with Gasteiger partial charge in [0.15, 0.2) is 5.58 Å². The molecule has 3 heteroatoms. The summed E-state index contributed by atoms with van der Waals surface area (Å²) in [5, 5.41) is 8.49. The number of nitrogens with one attached hydrogen (secondary N) is 1. The van der Waals surface area contributed by atoms with Gasteiger partial charge in [-0.05, 0) is 30.3 Å². The zero-order valence-corrected chi connectivity index (χ0v) is 15.2. The Kier molecular flexibility index (Phi) is 3.07. The number of thiophene rings is 1. The second kappa shape index (κ2) is 5.60. The van der Waals surface area contributed by atoms with Crippen LogP contribution in [-0.4, -0.2) is 0 Å². The van der Waals surface area contributed by atoms with E-state index >= 15 is 0 Å². The molecular formula is C24H15NOS. The molecule has 0 saturated heterocycles. The molecule has 0 unspecified atom stereocenters. The van der Waals surface area contributed by atoms with Crippen molar-refractivity contribution in [1.82, 2.24) is 0 Å². The van der Waals surface area contributed by atoms with E-state index in [0.717, 1.165) is 27.9 Å². The van der Waals surface area contributed by atoms with E-state index in [2.05, 4.69) is 59.9 Å². The molecule has 27 heavy (non-hydrogen) atoms. The molecule has 2 heterocycles. The van der Waals surface area contributed by atoms with E-state index < -0.39 is 0 Å². The van der Waals surface area contributed by atoms with Crippen molar-refractivity contribution in [3.8, 4) is 0 Å². The molecule has 2 nitrogen and oxygen atoms in total. The van der Waals surface area contributed by atoms with Crippen LogP contribution in [0.5, 0.6) is 0 Å². The van der Waals surface area contributed by atoms with Crippen LogP contribution in [0.3, 0.4) is 0 Å². The summed E-state index contributed by atoms with van der Waals surface area (Å²) >= 11 is 1.83. The number of hydrogen-bond acceptors (Lipinski definition) is 3. The van der Waals surface area contributed by atoms with E-state index in [0.29, 0.717) is 0 Å². The monoisotopic (exact) mass is 365 g/mol. The van der Waals surface area contributed by atoms with E-state index in [1.807, 2.05) is 41.7 Å². The van der Waals surface area contributed by atoms with Crippen molar-refractivity contribution in [2.24, 2.45) is 0 Å². The number of furan rings is 1. The Bertz CT molecular complexity index is 1440. The molecule has 0 aliphatic rings. The van der Waals surface area contributed by atoms with Crippen molar-refractivity contribution < 1.29 is 4.42 Å². The van der Waals surface area contributed by atoms with Gasteiger partial charge in [-0.25, -0.2) is 0 Å². The summed E-state index contributed by atoms with van der Waals surface area (Å²) in [6.45, 7) is 0. The molecular weight excluding hydrogens is 350 g/mol. The van der Waals surface area contributed by atoms with Crippen LogP contribution in [0.4, 0.5) is 11.4 Å². The van der Waals surface area contributed by atoms with Gasteiger partial charge in [-0.1, -0.05) is 54.6 Å². The van der Waals surface area contributed by atoms with E-state index in [1.54, 1.807) is 0 Å². The molecule has 128 valence electrons. The standard InChI is InChI=1S/C24H15NOS/c1-2-8-15(9-3-1)25-18-14-21-22(17-11-5-7-13-20(17)27-21)23-16-10-4-6-12-19(16)26-24(18)23/h1-14,25H. The van der Waals surface area contributed by atoms with Crippen LogP contribution >= 0.6 is 11.3 Å². The maximum absolute atomic E-state index is 6.32. The number of rotatable bonds is 2. The van der Waals surface area contributed by atoms with Crippen LogP contribution < -0.4 is 5.32 Å². The van der Waals surface area contributed by atoms with Crippen molar-refractivity contribution in [2.45, 2.75) is 0 Å². The first-order chi connectivity index (χ1) is 13.4. The van der Waals surface area contributed by atoms with Crippen molar-refractivity contribution in [3.63, 3.8) is 0 Å². The number of anilines is 2. The number of hydrogen-bond donors (Lipinski definition) is 1. The van der Waals surface area contributed by atoms with E-state index in [4.69, 9.17) is 4.42 Å². The molecule has 0 aliphatic carbocycles. The van der Waals surface area contributed by atoms with Gasteiger partial charge in [-0.3, -0.25) is 0 Å². The fourth-order valence-corrected chi connectivity index (χ4v) is 5.03. The second-order valence-electron chi connectivity index (χ2n) is 6.69. The third-order valence-electron chi connectivity index (χ3n) is 5.04. The average Bonchev–Trinajstić information content (AvgIpc) is 3.27. The number of para-hydroxylation sites is 2. The van der Waals surface area contributed by atoms with Gasteiger partial charge in [0, 0.05) is 36.6 Å². The first kappa shape index (κ1) is 14.8. The van der Waals surface area contributed by atoms with Crippen LogP contribution in [0.25, 0.3) is 42.1 Å². The topological polar surface area (TPSA) is 25.2 Å². The van der Waals surface area contributed by atoms with Crippen LogP contribution in [-0.2, 0) is 0 Å². The molecule has 2 aromatic heterocycles. The van der Waals surface area contributed by atoms with Crippen molar-refractivity contribution in [2.75, 3.05) is 5.32 Å². The summed E-state index contributed by atoms with van der Waals surface area (Å²) in [5.74, 6) is 0. The molecule has 0 fully saturated rings. The lowest BCUT2D eigenvalue weighted by Crippen LogP contribution is -1.90. The number of benzene rings is 4. The lowest BCUT2D eigenvalue weighted by Gasteiger charge is -2.08. The predicted octanol–water partition coefficient (Wildman–Crippen LogP) is 7.70. The minimum atomic E-state index is 0.913. The highest BCUT2D eigenvalue weighted by Gasteiger charge is 2.18. The summed E-state index contributed by atoms with van der Waals surface area (Å²) in [5.41, 5.74) is 3.90. The molecule has 6 rings (SSSR count). The minimum Gasteiger partial charge on any atom is -0.454 e. The third kappa shape index (κ3) is 2.19. The van der Waals surface area contributed by atoms with Gasteiger partial charge >= 0.3 is 0 Å². The quantitative estimate of drug-likeness (QED) is 0.340. The highest BCUT2D eigenvalue weighted by Crippen LogP contribution is 2.45. The Labute approximate surface area is 159 Å². The molecule has 0 atom stereocenters. The van der Waals surface area contributed by atoms with Gasteiger partial charge < -0.3 is 9.73 Å². The van der Waals surface area contributed by atoms with Crippen LogP contribution in [0.2, 0.25) is 0 Å². The summed E-state index contributed by atoms with van der Waals surface area (Å²) in [6.07, 6.45) is 0.